The topological polar surface area (TPSA) is 190 Å². The Bertz CT molecular complexity index is 1330. The number of hydrazine groups is 1. The molecule has 182 valence electrons. The second-order valence-electron chi connectivity index (χ2n) is 8.10. The van der Waals surface area contributed by atoms with E-state index in [4.69, 9.17) is 16.9 Å². The number of carbonyl (C=O) groups is 2. The molecule has 11 nitrogen and oxygen atoms in total. The molecule has 1 aromatic heterocycles. The molecule has 3 aromatic rings. The van der Waals surface area contributed by atoms with Crippen molar-refractivity contribution in [2.24, 2.45) is 5.73 Å². The Hall–Kier alpha value is -4.64. The minimum Gasteiger partial charge on any atom is -0.478 e. The summed E-state index contributed by atoms with van der Waals surface area (Å²) in [7, 11) is 3.43. The van der Waals surface area contributed by atoms with Crippen molar-refractivity contribution in [3.8, 4) is 11.3 Å². The number of H-pyrrole nitrogens is 1. The number of amidine groups is 1. The summed E-state index contributed by atoms with van der Waals surface area (Å²) in [6, 6.07) is 11.1. The molecule has 3 rings (SSSR count). The highest BCUT2D eigenvalue weighted by atomic mass is 16.4. The van der Waals surface area contributed by atoms with E-state index in [0.717, 1.165) is 5.56 Å². The van der Waals surface area contributed by atoms with Crippen molar-refractivity contribution < 1.29 is 14.7 Å². The van der Waals surface area contributed by atoms with Gasteiger partial charge >= 0.3 is 5.97 Å². The fourth-order valence-corrected chi connectivity index (χ4v) is 3.47. The number of rotatable bonds is 9. The number of benzene rings is 2. The number of hydrogen-bond acceptors (Lipinski definition) is 7. The van der Waals surface area contributed by atoms with E-state index >= 15 is 0 Å². The normalized spacial score (nSPS) is 10.7. The molecule has 0 fully saturated rings. The van der Waals surface area contributed by atoms with E-state index in [1.807, 2.05) is 0 Å². The van der Waals surface area contributed by atoms with Crippen LogP contribution >= 0.6 is 0 Å². The van der Waals surface area contributed by atoms with Crippen LogP contribution in [0.1, 0.15) is 27.0 Å². The number of nitrogens with zero attached hydrogens (tertiary/aromatic N) is 1. The molecule has 35 heavy (non-hydrogen) atoms. The second kappa shape index (κ2) is 10.5. The smallest absolute Gasteiger partial charge is 0.335 e. The molecule has 0 spiro atoms. The van der Waals surface area contributed by atoms with Crippen LogP contribution in [0.2, 0.25) is 0 Å². The van der Waals surface area contributed by atoms with Gasteiger partial charge in [-0.3, -0.25) is 15.0 Å². The van der Waals surface area contributed by atoms with E-state index in [9.17, 15) is 19.5 Å². The Kier molecular flexibility index (Phi) is 7.52. The molecule has 1 heterocycles. The Morgan fingerprint density at radius 2 is 1.80 bits per heavy atom. The van der Waals surface area contributed by atoms with Gasteiger partial charge in [-0.25, -0.2) is 9.80 Å². The largest absolute Gasteiger partial charge is 0.478 e. The number of carboxylic acids is 1. The van der Waals surface area contributed by atoms with E-state index in [-0.39, 0.29) is 41.3 Å². The Balaban J connectivity index is 1.92. The lowest BCUT2D eigenvalue weighted by molar-refractivity contribution is -0.120. The zero-order valence-corrected chi connectivity index (χ0v) is 19.3. The van der Waals surface area contributed by atoms with Gasteiger partial charge < -0.3 is 32.3 Å². The first kappa shape index (κ1) is 25.0. The summed E-state index contributed by atoms with van der Waals surface area (Å²) in [5.41, 5.74) is 16.4. The molecule has 9 N–H and O–H groups in total. The molecule has 0 radical (unpaired) electrons. The highest BCUT2D eigenvalue weighted by molar-refractivity contribution is 5.95. The van der Waals surface area contributed by atoms with Crippen molar-refractivity contribution in [1.82, 2.24) is 15.3 Å². The SMILES string of the molecule is CN(C)Nc1c[nH]c(-c2cc(N)cc(C(=O)O)c2)c(CC(=O)NCc2ccc(C(=N)N)cc2)c1=O. The summed E-state index contributed by atoms with van der Waals surface area (Å²) in [5.74, 6) is -1.62. The summed E-state index contributed by atoms with van der Waals surface area (Å²) in [5, 5.41) is 21.2. The van der Waals surface area contributed by atoms with E-state index in [2.05, 4.69) is 15.7 Å². The Morgan fingerprint density at radius 1 is 1.11 bits per heavy atom. The maximum Gasteiger partial charge on any atom is 0.335 e. The van der Waals surface area contributed by atoms with Crippen LogP contribution in [0.4, 0.5) is 11.4 Å². The minimum absolute atomic E-state index is 0.0410. The van der Waals surface area contributed by atoms with Gasteiger partial charge in [-0.1, -0.05) is 24.3 Å². The average molecular weight is 478 g/mol. The van der Waals surface area contributed by atoms with Crippen LogP contribution < -0.4 is 27.6 Å². The number of nitrogen functional groups attached to an aromatic ring is 2. The molecule has 0 unspecified atom stereocenters. The summed E-state index contributed by atoms with van der Waals surface area (Å²) >= 11 is 0. The zero-order valence-electron chi connectivity index (χ0n) is 19.3. The standard InChI is InChI=1S/C24H27N7O4/c1-31(2)30-19-12-29-21(15-7-16(24(34)35)9-17(25)8-15)18(22(19)33)10-20(32)28-11-13-3-5-14(6-4-13)23(26)27/h3-9,12,30H,10-11,25H2,1-2H3,(H3,26,27)(H,28,32)(H,29,33)(H,34,35). The van der Waals surface area contributed by atoms with Gasteiger partial charge in [-0.15, -0.1) is 0 Å². The van der Waals surface area contributed by atoms with Crippen LogP contribution in [0, 0.1) is 5.41 Å². The molecule has 0 saturated carbocycles. The predicted octanol–water partition coefficient (Wildman–Crippen LogP) is 1.35. The molecule has 0 aliphatic rings. The maximum atomic E-state index is 13.2. The first-order chi connectivity index (χ1) is 16.5. The van der Waals surface area contributed by atoms with Crippen molar-refractivity contribution >= 4 is 29.1 Å². The van der Waals surface area contributed by atoms with Gasteiger partial charge in [0.25, 0.3) is 0 Å². The number of amides is 1. The van der Waals surface area contributed by atoms with Crippen LogP contribution in [0.3, 0.4) is 0 Å². The van der Waals surface area contributed by atoms with Crippen LogP contribution in [-0.2, 0) is 17.8 Å². The molecular weight excluding hydrogens is 450 g/mol. The molecule has 0 aliphatic carbocycles. The fourth-order valence-electron chi connectivity index (χ4n) is 3.47. The molecule has 0 aliphatic heterocycles. The van der Waals surface area contributed by atoms with Gasteiger partial charge in [0, 0.05) is 49.2 Å². The summed E-state index contributed by atoms with van der Waals surface area (Å²) in [6.45, 7) is 0.210. The van der Waals surface area contributed by atoms with Gasteiger partial charge in [0.2, 0.25) is 11.3 Å². The number of nitrogens with two attached hydrogens (primary N) is 2. The van der Waals surface area contributed by atoms with Crippen molar-refractivity contribution in [2.45, 2.75) is 13.0 Å². The van der Waals surface area contributed by atoms with Crippen molar-refractivity contribution in [3.05, 3.63) is 81.1 Å². The Morgan fingerprint density at radius 3 is 2.40 bits per heavy atom. The molecule has 0 bridgehead atoms. The molecule has 0 atom stereocenters. The van der Waals surface area contributed by atoms with Crippen molar-refractivity contribution in [2.75, 3.05) is 25.3 Å². The van der Waals surface area contributed by atoms with Gasteiger partial charge in [-0.05, 0) is 23.8 Å². The number of pyridine rings is 1. The first-order valence-electron chi connectivity index (χ1n) is 10.6. The number of carbonyl (C=O) groups excluding carboxylic acids is 1. The third kappa shape index (κ3) is 6.24. The third-order valence-corrected chi connectivity index (χ3v) is 5.11. The lowest BCUT2D eigenvalue weighted by Crippen LogP contribution is -2.30. The number of aromatic carboxylic acids is 1. The summed E-state index contributed by atoms with van der Waals surface area (Å²) in [6.07, 6.45) is 1.20. The molecule has 11 heteroatoms. The van der Waals surface area contributed by atoms with E-state index in [1.165, 1.54) is 24.4 Å². The molecule has 2 aromatic carbocycles. The Labute approximate surface area is 201 Å². The number of carboxylic acid groups (broad SMARTS) is 1. The molecular formula is C24H27N7O4. The summed E-state index contributed by atoms with van der Waals surface area (Å²) < 4.78 is 0. The first-order valence-corrected chi connectivity index (χ1v) is 10.6. The molecule has 1 amide bonds. The van der Waals surface area contributed by atoms with E-state index in [1.54, 1.807) is 43.4 Å². The van der Waals surface area contributed by atoms with Crippen LogP contribution in [-0.4, -0.2) is 46.9 Å². The zero-order chi connectivity index (χ0) is 25.7. The third-order valence-electron chi connectivity index (χ3n) is 5.11. The van der Waals surface area contributed by atoms with Gasteiger partial charge in [0.1, 0.15) is 11.5 Å². The number of aromatic amines is 1. The van der Waals surface area contributed by atoms with Crippen molar-refractivity contribution in [3.63, 3.8) is 0 Å². The monoisotopic (exact) mass is 477 g/mol. The highest BCUT2D eigenvalue weighted by Crippen LogP contribution is 2.25. The summed E-state index contributed by atoms with van der Waals surface area (Å²) in [4.78, 5) is 40.6. The number of nitrogens with one attached hydrogen (secondary N) is 4. The van der Waals surface area contributed by atoms with Gasteiger partial charge in [0.05, 0.1) is 17.7 Å². The average Bonchev–Trinajstić information content (AvgIpc) is 2.80. The minimum atomic E-state index is -1.16. The van der Waals surface area contributed by atoms with Crippen molar-refractivity contribution in [1.29, 1.82) is 5.41 Å². The number of hydrogen-bond donors (Lipinski definition) is 7. The highest BCUT2D eigenvalue weighted by Gasteiger charge is 2.19. The van der Waals surface area contributed by atoms with Crippen LogP contribution in [0.15, 0.2) is 53.5 Å². The molecule has 0 saturated heterocycles. The predicted molar refractivity (Wildman–Crippen MR) is 134 cm³/mol. The van der Waals surface area contributed by atoms with Crippen LogP contribution in [0.25, 0.3) is 11.3 Å². The van der Waals surface area contributed by atoms with E-state index in [0.29, 0.717) is 16.8 Å². The number of anilines is 2. The lowest BCUT2D eigenvalue weighted by atomic mass is 9.99. The van der Waals surface area contributed by atoms with Gasteiger partial charge in [-0.2, -0.15) is 0 Å². The lowest BCUT2D eigenvalue weighted by Gasteiger charge is -2.16. The second-order valence-corrected chi connectivity index (χ2v) is 8.10. The van der Waals surface area contributed by atoms with E-state index < -0.39 is 17.3 Å². The maximum absolute atomic E-state index is 13.2. The fraction of sp³-hybridized carbons (Fsp3) is 0.167. The number of aromatic nitrogens is 1. The quantitative estimate of drug-likeness (QED) is 0.104. The van der Waals surface area contributed by atoms with Gasteiger partial charge in [0.15, 0.2) is 0 Å². The van der Waals surface area contributed by atoms with Crippen LogP contribution in [0.5, 0.6) is 0 Å².